The molecule has 0 fully saturated rings. The lowest BCUT2D eigenvalue weighted by Crippen LogP contribution is -2.26. The number of carbonyl (C=O) groups is 1. The van der Waals surface area contributed by atoms with Crippen LogP contribution in [0.4, 0.5) is 0 Å². The summed E-state index contributed by atoms with van der Waals surface area (Å²) >= 11 is 9.02. The predicted octanol–water partition coefficient (Wildman–Crippen LogP) is 2.14. The zero-order chi connectivity index (χ0) is 13.8. The summed E-state index contributed by atoms with van der Waals surface area (Å²) in [5, 5.41) is 0.654. The molecule has 0 amide bonds. The minimum atomic E-state index is -3.63. The molecule has 0 unspecified atom stereocenters. The smallest absolute Gasteiger partial charge is 0.242 e. The molecule has 0 radical (unpaired) electrons. The molecular formula is C11H13BrClNO3S. The third-order valence-corrected chi connectivity index (χ3v) is 4.46. The van der Waals surface area contributed by atoms with Gasteiger partial charge < -0.3 is 0 Å². The van der Waals surface area contributed by atoms with Crippen LogP contribution in [0, 0.1) is 0 Å². The highest BCUT2D eigenvalue weighted by Crippen LogP contribution is 2.22. The maximum atomic E-state index is 11.9. The van der Waals surface area contributed by atoms with Crippen molar-refractivity contribution in [2.24, 2.45) is 0 Å². The number of hydrogen-bond acceptors (Lipinski definition) is 3. The lowest BCUT2D eigenvalue weighted by atomic mass is 10.1. The van der Waals surface area contributed by atoms with Crippen LogP contribution >= 0.6 is 27.5 Å². The number of benzene rings is 1. The molecule has 0 spiro atoms. The van der Waals surface area contributed by atoms with E-state index in [1.807, 2.05) is 0 Å². The van der Waals surface area contributed by atoms with Gasteiger partial charge in [-0.3, -0.25) is 4.79 Å². The van der Waals surface area contributed by atoms with Gasteiger partial charge in [-0.05, 0) is 24.6 Å². The highest BCUT2D eigenvalue weighted by atomic mass is 79.9. The highest BCUT2D eigenvalue weighted by molar-refractivity contribution is 9.09. The van der Waals surface area contributed by atoms with E-state index in [1.165, 1.54) is 19.1 Å². The van der Waals surface area contributed by atoms with Gasteiger partial charge in [0.2, 0.25) is 10.0 Å². The average Bonchev–Trinajstić information content (AvgIpc) is 2.28. The topological polar surface area (TPSA) is 63.2 Å². The van der Waals surface area contributed by atoms with Gasteiger partial charge in [0.25, 0.3) is 0 Å². The highest BCUT2D eigenvalue weighted by Gasteiger charge is 2.18. The van der Waals surface area contributed by atoms with Crippen LogP contribution in [0.1, 0.15) is 12.5 Å². The number of Topliss-reactive ketones (excluding diaryl/α,β-unsaturated/α-hetero) is 1. The first-order valence-electron chi connectivity index (χ1n) is 5.20. The van der Waals surface area contributed by atoms with Crippen molar-refractivity contribution < 1.29 is 13.2 Å². The Balaban J connectivity index is 3.11. The zero-order valence-electron chi connectivity index (χ0n) is 9.74. The van der Waals surface area contributed by atoms with Crippen LogP contribution in [0.2, 0.25) is 5.02 Å². The molecule has 0 aliphatic heterocycles. The number of halogens is 2. The van der Waals surface area contributed by atoms with Gasteiger partial charge in [0.05, 0.1) is 5.02 Å². The minimum absolute atomic E-state index is 0.00358. The van der Waals surface area contributed by atoms with E-state index in [-0.39, 0.29) is 28.7 Å². The molecule has 0 aliphatic rings. The summed E-state index contributed by atoms with van der Waals surface area (Å²) in [6.45, 7) is 1.72. The zero-order valence-corrected chi connectivity index (χ0v) is 12.9. The normalized spacial score (nSPS) is 11.5. The molecular weight excluding hydrogens is 342 g/mol. The largest absolute Gasteiger partial charge is 0.300 e. The molecule has 1 rings (SSSR count). The molecule has 1 N–H and O–H groups in total. The molecule has 0 aliphatic carbocycles. The van der Waals surface area contributed by atoms with Crippen molar-refractivity contribution in [2.75, 3.05) is 11.9 Å². The van der Waals surface area contributed by atoms with Crippen LogP contribution in [0.5, 0.6) is 0 Å². The summed E-state index contributed by atoms with van der Waals surface area (Å²) in [6, 6.07) is 4.57. The van der Waals surface area contributed by atoms with Gasteiger partial charge in [-0.2, -0.15) is 0 Å². The standard InChI is InChI=1S/C11H13BrClNO3S/c1-8(15)6-9-2-3-10(13)11(7-9)18(16,17)14-5-4-12/h2-3,7,14H,4-6H2,1H3. The average molecular weight is 355 g/mol. The lowest BCUT2D eigenvalue weighted by Gasteiger charge is -2.09. The van der Waals surface area contributed by atoms with E-state index in [2.05, 4.69) is 20.7 Å². The molecule has 1 aromatic rings. The van der Waals surface area contributed by atoms with Crippen molar-refractivity contribution in [3.05, 3.63) is 28.8 Å². The fraction of sp³-hybridized carbons (Fsp3) is 0.364. The van der Waals surface area contributed by atoms with Gasteiger partial charge in [-0.1, -0.05) is 33.6 Å². The Morgan fingerprint density at radius 3 is 2.67 bits per heavy atom. The van der Waals surface area contributed by atoms with Gasteiger partial charge >= 0.3 is 0 Å². The Bertz CT molecular complexity index is 545. The fourth-order valence-corrected chi connectivity index (χ4v) is 3.44. The summed E-state index contributed by atoms with van der Waals surface area (Å²) in [6.07, 6.45) is 0.193. The number of ketones is 1. The molecule has 100 valence electrons. The molecule has 4 nitrogen and oxygen atoms in total. The van der Waals surface area contributed by atoms with Gasteiger partial charge in [0, 0.05) is 18.3 Å². The van der Waals surface area contributed by atoms with Gasteiger partial charge in [-0.15, -0.1) is 0 Å². The van der Waals surface area contributed by atoms with Crippen LogP contribution in [-0.4, -0.2) is 26.1 Å². The van der Waals surface area contributed by atoms with Gasteiger partial charge in [-0.25, -0.2) is 13.1 Å². The first kappa shape index (κ1) is 15.6. The third kappa shape index (κ3) is 4.35. The molecule has 0 saturated carbocycles. The number of rotatable bonds is 6. The summed E-state index contributed by atoms with van der Waals surface area (Å²) in [7, 11) is -3.63. The second-order valence-electron chi connectivity index (χ2n) is 3.73. The monoisotopic (exact) mass is 353 g/mol. The van der Waals surface area contributed by atoms with Crippen LogP contribution < -0.4 is 4.72 Å². The fourth-order valence-electron chi connectivity index (χ4n) is 1.40. The Morgan fingerprint density at radius 2 is 2.11 bits per heavy atom. The van der Waals surface area contributed by atoms with E-state index in [0.717, 1.165) is 0 Å². The van der Waals surface area contributed by atoms with Crippen molar-refractivity contribution >= 4 is 43.3 Å². The van der Waals surface area contributed by atoms with Crippen LogP contribution in [0.15, 0.2) is 23.1 Å². The number of nitrogens with one attached hydrogen (secondary N) is 1. The Morgan fingerprint density at radius 1 is 1.44 bits per heavy atom. The second kappa shape index (κ2) is 6.65. The second-order valence-corrected chi connectivity index (χ2v) is 6.67. The quantitative estimate of drug-likeness (QED) is 0.796. The third-order valence-electron chi connectivity index (χ3n) is 2.12. The summed E-state index contributed by atoms with van der Waals surface area (Å²) < 4.78 is 26.3. The Hall–Kier alpha value is -0.430. The van der Waals surface area contributed by atoms with E-state index in [0.29, 0.717) is 10.9 Å². The first-order valence-corrected chi connectivity index (χ1v) is 8.18. The minimum Gasteiger partial charge on any atom is -0.300 e. The van der Waals surface area contributed by atoms with Crippen molar-refractivity contribution in [1.29, 1.82) is 0 Å². The van der Waals surface area contributed by atoms with Crippen LogP contribution in [0.25, 0.3) is 0 Å². The van der Waals surface area contributed by atoms with Crippen LogP contribution in [0.3, 0.4) is 0 Å². The van der Waals surface area contributed by atoms with Crippen LogP contribution in [-0.2, 0) is 21.2 Å². The van der Waals surface area contributed by atoms with Gasteiger partial charge in [0.15, 0.2) is 0 Å². The van der Waals surface area contributed by atoms with Crippen molar-refractivity contribution in [3.63, 3.8) is 0 Å². The molecule has 18 heavy (non-hydrogen) atoms. The van der Waals surface area contributed by atoms with E-state index in [9.17, 15) is 13.2 Å². The number of hydrogen-bond donors (Lipinski definition) is 1. The molecule has 1 aromatic carbocycles. The number of alkyl halides is 1. The van der Waals surface area contributed by atoms with E-state index in [1.54, 1.807) is 6.07 Å². The number of sulfonamides is 1. The van der Waals surface area contributed by atoms with Crippen molar-refractivity contribution in [2.45, 2.75) is 18.2 Å². The predicted molar refractivity (Wildman–Crippen MR) is 74.8 cm³/mol. The maximum absolute atomic E-state index is 11.9. The maximum Gasteiger partial charge on any atom is 0.242 e. The number of carbonyl (C=O) groups excluding carboxylic acids is 1. The molecule has 0 atom stereocenters. The van der Waals surface area contributed by atoms with E-state index >= 15 is 0 Å². The Kier molecular flexibility index (Phi) is 5.78. The van der Waals surface area contributed by atoms with Gasteiger partial charge in [0.1, 0.15) is 10.7 Å². The lowest BCUT2D eigenvalue weighted by molar-refractivity contribution is -0.116. The summed E-state index contributed by atoms with van der Waals surface area (Å²) in [5.41, 5.74) is 0.631. The molecule has 7 heteroatoms. The molecule has 0 bridgehead atoms. The summed E-state index contributed by atoms with van der Waals surface area (Å²) in [5.74, 6) is -0.0333. The SMILES string of the molecule is CC(=O)Cc1ccc(Cl)c(S(=O)(=O)NCCBr)c1. The van der Waals surface area contributed by atoms with Crippen molar-refractivity contribution in [1.82, 2.24) is 4.72 Å². The summed E-state index contributed by atoms with van der Waals surface area (Å²) in [4.78, 5) is 11.0. The molecule has 0 heterocycles. The molecule has 0 aromatic heterocycles. The Labute approximate surface area is 120 Å². The van der Waals surface area contributed by atoms with E-state index < -0.39 is 10.0 Å². The first-order chi connectivity index (χ1) is 8.36. The van der Waals surface area contributed by atoms with E-state index in [4.69, 9.17) is 11.6 Å². The van der Waals surface area contributed by atoms with Crippen molar-refractivity contribution in [3.8, 4) is 0 Å². The molecule has 0 saturated heterocycles.